The number of aromatic nitrogens is 2. The fourth-order valence-electron chi connectivity index (χ4n) is 4.14. The van der Waals surface area contributed by atoms with E-state index in [0.29, 0.717) is 18.7 Å². The summed E-state index contributed by atoms with van der Waals surface area (Å²) < 4.78 is 0. The molecule has 0 spiro atoms. The molecule has 1 aliphatic heterocycles. The monoisotopic (exact) mass is 484 g/mol. The van der Waals surface area contributed by atoms with Crippen LogP contribution in [-0.4, -0.2) is 63.8 Å². The predicted molar refractivity (Wildman–Crippen MR) is 141 cm³/mol. The molecule has 7 nitrogen and oxygen atoms in total. The lowest BCUT2D eigenvalue weighted by Crippen LogP contribution is -2.45. The Morgan fingerprint density at radius 3 is 2.38 bits per heavy atom. The Labute approximate surface area is 208 Å². The smallest absolute Gasteiger partial charge is 0.254 e. The van der Waals surface area contributed by atoms with Crippen molar-refractivity contribution in [2.24, 2.45) is 0 Å². The lowest BCUT2D eigenvalue weighted by molar-refractivity contribution is 0.0721. The maximum absolute atomic E-state index is 13.2. The van der Waals surface area contributed by atoms with Gasteiger partial charge in [0.1, 0.15) is 12.0 Å². The number of hydrogen-bond acceptors (Lipinski definition) is 6. The van der Waals surface area contributed by atoms with Gasteiger partial charge in [0.05, 0.1) is 13.1 Å². The molecule has 3 N–H and O–H groups in total. The van der Waals surface area contributed by atoms with Crippen molar-refractivity contribution in [1.82, 2.24) is 30.4 Å². The van der Waals surface area contributed by atoms with Crippen molar-refractivity contribution < 1.29 is 4.79 Å². The van der Waals surface area contributed by atoms with Crippen molar-refractivity contribution in [2.75, 3.05) is 31.9 Å². The first-order chi connectivity index (χ1) is 16.7. The van der Waals surface area contributed by atoms with E-state index in [-0.39, 0.29) is 12.1 Å². The molecule has 1 aromatic heterocycles. The van der Waals surface area contributed by atoms with Crippen molar-refractivity contribution >= 4 is 17.7 Å². The summed E-state index contributed by atoms with van der Waals surface area (Å²) >= 11 is 1.88. The van der Waals surface area contributed by atoms with Gasteiger partial charge in [0.25, 0.3) is 5.91 Å². The number of thioether (sulfide) groups is 1. The Balaban J connectivity index is 1.44. The highest BCUT2D eigenvalue weighted by Gasteiger charge is 2.21. The first kappa shape index (κ1) is 26.2. The van der Waals surface area contributed by atoms with Crippen LogP contribution in [-0.2, 0) is 6.54 Å². The summed E-state index contributed by atoms with van der Waals surface area (Å²) in [5.74, 6) is 1.90. The standard InChI is InChI=1S/C26H40N6OS/c1-3-16-31(17-4-2)18-6-5-7-19-34-23-10-8-22(9-11-23)26(33)32(20-24-27-12-13-28-24)21-25-29-14-15-30-25/h8-15,24,27-28H,3-7,16-21H2,1-2H3,(H,29,30). The van der Waals surface area contributed by atoms with E-state index in [1.54, 1.807) is 12.4 Å². The summed E-state index contributed by atoms with van der Waals surface area (Å²) in [7, 11) is 0. The average Bonchev–Trinajstić information content (AvgIpc) is 3.56. The molecule has 1 aromatic carbocycles. The molecule has 34 heavy (non-hydrogen) atoms. The van der Waals surface area contributed by atoms with Crippen molar-refractivity contribution in [2.45, 2.75) is 63.6 Å². The molecule has 8 heteroatoms. The zero-order chi connectivity index (χ0) is 24.0. The van der Waals surface area contributed by atoms with E-state index in [0.717, 1.165) is 11.6 Å². The number of imidazole rings is 1. The first-order valence-corrected chi connectivity index (χ1v) is 13.6. The highest BCUT2D eigenvalue weighted by Crippen LogP contribution is 2.21. The summed E-state index contributed by atoms with van der Waals surface area (Å²) in [6.07, 6.45) is 13.5. The van der Waals surface area contributed by atoms with Crippen molar-refractivity contribution in [3.05, 3.63) is 60.4 Å². The minimum absolute atomic E-state index is 0.00441. The topological polar surface area (TPSA) is 76.3 Å². The highest BCUT2D eigenvalue weighted by atomic mass is 32.2. The second kappa shape index (κ2) is 14.7. The zero-order valence-corrected chi connectivity index (χ0v) is 21.4. The molecule has 186 valence electrons. The van der Waals surface area contributed by atoms with Crippen LogP contribution in [0.5, 0.6) is 0 Å². The number of aromatic amines is 1. The number of carbonyl (C=O) groups is 1. The molecular weight excluding hydrogens is 444 g/mol. The van der Waals surface area contributed by atoms with E-state index < -0.39 is 0 Å². The zero-order valence-electron chi connectivity index (χ0n) is 20.6. The number of rotatable bonds is 16. The Morgan fingerprint density at radius 2 is 1.74 bits per heavy atom. The van der Waals surface area contributed by atoms with Crippen LogP contribution in [0.1, 0.15) is 62.1 Å². The molecule has 0 radical (unpaired) electrons. The third kappa shape index (κ3) is 8.72. The highest BCUT2D eigenvalue weighted by molar-refractivity contribution is 7.99. The summed E-state index contributed by atoms with van der Waals surface area (Å²) in [6.45, 7) is 9.16. The van der Waals surface area contributed by atoms with E-state index >= 15 is 0 Å². The van der Waals surface area contributed by atoms with E-state index in [2.05, 4.69) is 51.5 Å². The fraction of sp³-hybridized carbons (Fsp3) is 0.538. The van der Waals surface area contributed by atoms with Gasteiger partial charge < -0.3 is 25.4 Å². The van der Waals surface area contributed by atoms with E-state index in [9.17, 15) is 4.79 Å². The van der Waals surface area contributed by atoms with Gasteiger partial charge in [-0.15, -0.1) is 11.8 Å². The second-order valence-electron chi connectivity index (χ2n) is 8.72. The lowest BCUT2D eigenvalue weighted by atomic mass is 10.2. The largest absolute Gasteiger partial charge is 0.369 e. The number of amides is 1. The molecule has 1 aliphatic rings. The molecule has 0 fully saturated rings. The molecule has 2 heterocycles. The quantitative estimate of drug-likeness (QED) is 0.242. The summed E-state index contributed by atoms with van der Waals surface area (Å²) in [6, 6.07) is 8.03. The maximum Gasteiger partial charge on any atom is 0.254 e. The third-order valence-electron chi connectivity index (χ3n) is 5.83. The molecular formula is C26H40N6OS. The molecule has 2 aromatic rings. The summed E-state index contributed by atoms with van der Waals surface area (Å²) in [5, 5.41) is 6.43. The predicted octanol–water partition coefficient (Wildman–Crippen LogP) is 4.43. The Morgan fingerprint density at radius 1 is 1.00 bits per heavy atom. The van der Waals surface area contributed by atoms with Crippen LogP contribution in [0.15, 0.2) is 54.0 Å². The number of H-pyrrole nitrogens is 1. The Kier molecular flexibility index (Phi) is 11.3. The van der Waals surface area contributed by atoms with Crippen molar-refractivity contribution in [3.8, 4) is 0 Å². The van der Waals surface area contributed by atoms with Crippen LogP contribution in [0, 0.1) is 0 Å². The van der Waals surface area contributed by atoms with Crippen LogP contribution in [0.25, 0.3) is 0 Å². The van der Waals surface area contributed by atoms with E-state index in [4.69, 9.17) is 0 Å². The van der Waals surface area contributed by atoms with Crippen molar-refractivity contribution in [3.63, 3.8) is 0 Å². The first-order valence-electron chi connectivity index (χ1n) is 12.6. The van der Waals surface area contributed by atoms with Crippen molar-refractivity contribution in [1.29, 1.82) is 0 Å². The minimum atomic E-state index is 0.00441. The Hall–Kier alpha value is -2.45. The fourth-order valence-corrected chi connectivity index (χ4v) is 5.05. The van der Waals surface area contributed by atoms with Gasteiger partial charge in [-0.25, -0.2) is 4.98 Å². The van der Waals surface area contributed by atoms with Gasteiger partial charge >= 0.3 is 0 Å². The van der Waals surface area contributed by atoms with Gasteiger partial charge in [-0.2, -0.15) is 0 Å². The molecule has 1 amide bonds. The third-order valence-corrected chi connectivity index (χ3v) is 6.93. The van der Waals surface area contributed by atoms with Gasteiger partial charge in [-0.1, -0.05) is 20.3 Å². The van der Waals surface area contributed by atoms with Crippen LogP contribution in [0.3, 0.4) is 0 Å². The van der Waals surface area contributed by atoms with Gasteiger partial charge in [0.2, 0.25) is 0 Å². The summed E-state index contributed by atoms with van der Waals surface area (Å²) in [4.78, 5) is 26.3. The van der Waals surface area contributed by atoms with Crippen LogP contribution in [0.4, 0.5) is 0 Å². The number of nitrogens with zero attached hydrogens (tertiary/aromatic N) is 3. The van der Waals surface area contributed by atoms with Gasteiger partial charge in [0.15, 0.2) is 0 Å². The van der Waals surface area contributed by atoms with E-state index in [1.165, 1.54) is 56.6 Å². The molecule has 3 rings (SSSR count). The number of benzene rings is 1. The lowest BCUT2D eigenvalue weighted by Gasteiger charge is -2.25. The van der Waals surface area contributed by atoms with E-state index in [1.807, 2.05) is 41.2 Å². The number of unbranched alkanes of at least 4 members (excludes halogenated alkanes) is 2. The van der Waals surface area contributed by atoms with Crippen LogP contribution >= 0.6 is 11.8 Å². The van der Waals surface area contributed by atoms with Crippen LogP contribution < -0.4 is 10.6 Å². The van der Waals surface area contributed by atoms with Gasteiger partial charge in [-0.3, -0.25) is 4.79 Å². The molecule has 0 saturated carbocycles. The SMILES string of the molecule is CCCN(CCC)CCCCCSc1ccc(C(=O)N(Cc2ncc[nH]2)CC2NC=CN2)cc1. The molecule has 0 saturated heterocycles. The molecule has 0 atom stereocenters. The number of nitrogens with one attached hydrogen (secondary N) is 3. The van der Waals surface area contributed by atoms with Gasteiger partial charge in [-0.05, 0) is 75.3 Å². The number of carbonyl (C=O) groups excluding carboxylic acids is 1. The second-order valence-corrected chi connectivity index (χ2v) is 9.88. The number of hydrogen-bond donors (Lipinski definition) is 3. The Bertz CT molecular complexity index is 841. The average molecular weight is 485 g/mol. The maximum atomic E-state index is 13.2. The molecule has 0 bridgehead atoms. The molecule has 0 unspecified atom stereocenters. The molecule has 0 aliphatic carbocycles. The minimum Gasteiger partial charge on any atom is -0.369 e. The normalized spacial score (nSPS) is 13.3. The summed E-state index contributed by atoms with van der Waals surface area (Å²) in [5.41, 5.74) is 0.703. The van der Waals surface area contributed by atoms with Gasteiger partial charge in [0, 0.05) is 35.3 Å². The van der Waals surface area contributed by atoms with Crippen LogP contribution in [0.2, 0.25) is 0 Å².